The summed E-state index contributed by atoms with van der Waals surface area (Å²) in [6.45, 7) is 4.24. The Morgan fingerprint density at radius 2 is 2.12 bits per heavy atom. The SMILES string of the molecule is CC1CNCCN1S(=O)(=O)c1cc(Cl)ccc1OCC1CCC1.Cl. The van der Waals surface area contributed by atoms with Crippen molar-refractivity contribution >= 4 is 34.0 Å². The van der Waals surface area contributed by atoms with Crippen LogP contribution in [0.25, 0.3) is 0 Å². The molecule has 2 fully saturated rings. The molecule has 24 heavy (non-hydrogen) atoms. The molecule has 1 heterocycles. The van der Waals surface area contributed by atoms with E-state index in [1.165, 1.54) is 16.8 Å². The Balaban J connectivity index is 0.00000208. The van der Waals surface area contributed by atoms with Gasteiger partial charge in [0.25, 0.3) is 0 Å². The topological polar surface area (TPSA) is 58.6 Å². The van der Waals surface area contributed by atoms with E-state index in [4.69, 9.17) is 16.3 Å². The maximum atomic E-state index is 13.1. The summed E-state index contributed by atoms with van der Waals surface area (Å²) in [5.41, 5.74) is 0. The fourth-order valence-electron chi connectivity index (χ4n) is 2.98. The number of sulfonamides is 1. The summed E-state index contributed by atoms with van der Waals surface area (Å²) in [7, 11) is -3.62. The molecule has 1 aliphatic carbocycles. The van der Waals surface area contributed by atoms with Gasteiger partial charge in [0.1, 0.15) is 10.6 Å². The molecule has 1 aliphatic heterocycles. The maximum Gasteiger partial charge on any atom is 0.247 e. The summed E-state index contributed by atoms with van der Waals surface area (Å²) in [4.78, 5) is 0.179. The molecule has 0 spiro atoms. The van der Waals surface area contributed by atoms with Crippen molar-refractivity contribution in [2.75, 3.05) is 26.2 Å². The first-order valence-electron chi connectivity index (χ1n) is 8.13. The summed E-state index contributed by atoms with van der Waals surface area (Å²) < 4.78 is 33.5. The largest absolute Gasteiger partial charge is 0.492 e. The number of piperazine rings is 1. The fourth-order valence-corrected chi connectivity index (χ4v) is 5.00. The molecule has 0 bridgehead atoms. The fraction of sp³-hybridized carbons (Fsp3) is 0.625. The van der Waals surface area contributed by atoms with E-state index in [2.05, 4.69) is 5.32 Å². The normalized spacial score (nSPS) is 22.5. The van der Waals surface area contributed by atoms with Crippen LogP contribution >= 0.6 is 24.0 Å². The third-order valence-corrected chi connectivity index (χ3v) is 6.90. The highest BCUT2D eigenvalue weighted by Gasteiger charge is 2.33. The lowest BCUT2D eigenvalue weighted by molar-refractivity contribution is 0.177. The van der Waals surface area contributed by atoms with Crippen LogP contribution < -0.4 is 10.1 Å². The van der Waals surface area contributed by atoms with Crippen molar-refractivity contribution in [3.8, 4) is 5.75 Å². The number of nitrogens with one attached hydrogen (secondary N) is 1. The van der Waals surface area contributed by atoms with E-state index >= 15 is 0 Å². The summed E-state index contributed by atoms with van der Waals surface area (Å²) in [6.07, 6.45) is 3.55. The van der Waals surface area contributed by atoms with E-state index in [9.17, 15) is 8.42 Å². The number of hydrogen-bond acceptors (Lipinski definition) is 4. The average Bonchev–Trinajstić information content (AvgIpc) is 2.47. The molecular weight excluding hydrogens is 371 g/mol. The number of nitrogens with zero attached hydrogens (tertiary/aromatic N) is 1. The second-order valence-corrected chi connectivity index (χ2v) is 8.66. The van der Waals surface area contributed by atoms with Crippen molar-refractivity contribution in [1.29, 1.82) is 0 Å². The monoisotopic (exact) mass is 394 g/mol. The third kappa shape index (κ3) is 4.17. The van der Waals surface area contributed by atoms with Crippen molar-refractivity contribution in [2.45, 2.75) is 37.1 Å². The number of hydrogen-bond donors (Lipinski definition) is 1. The Labute approximate surface area is 155 Å². The lowest BCUT2D eigenvalue weighted by Gasteiger charge is -2.33. The van der Waals surface area contributed by atoms with Gasteiger partial charge in [-0.05, 0) is 43.9 Å². The standard InChI is InChI=1S/C16H23ClN2O3S.ClH/c1-12-10-18-7-8-19(12)23(20,21)16-9-14(17)5-6-15(16)22-11-13-3-2-4-13;/h5-6,9,12-13,18H,2-4,7-8,10-11H2,1H3;1H. The van der Waals surface area contributed by atoms with Gasteiger partial charge in [0.2, 0.25) is 10.0 Å². The van der Waals surface area contributed by atoms with E-state index < -0.39 is 10.0 Å². The highest BCUT2D eigenvalue weighted by molar-refractivity contribution is 7.89. The third-order valence-electron chi connectivity index (χ3n) is 4.63. The van der Waals surface area contributed by atoms with E-state index in [1.807, 2.05) is 6.92 Å². The Morgan fingerprint density at radius 3 is 2.75 bits per heavy atom. The van der Waals surface area contributed by atoms with Gasteiger partial charge in [-0.3, -0.25) is 0 Å². The molecule has 3 rings (SSSR count). The second kappa shape index (κ2) is 8.23. The summed E-state index contributed by atoms with van der Waals surface area (Å²) in [6, 6.07) is 4.76. The molecule has 2 aliphatic rings. The molecule has 1 saturated carbocycles. The molecule has 1 aromatic rings. The highest BCUT2D eigenvalue weighted by Crippen LogP contribution is 2.33. The van der Waals surface area contributed by atoms with Crippen LogP contribution in [0.2, 0.25) is 5.02 Å². The minimum Gasteiger partial charge on any atom is -0.492 e. The van der Waals surface area contributed by atoms with Crippen LogP contribution in [0.1, 0.15) is 26.2 Å². The molecular formula is C16H24Cl2N2O3S. The summed E-state index contributed by atoms with van der Waals surface area (Å²) in [5, 5.41) is 3.61. The first-order valence-corrected chi connectivity index (χ1v) is 9.95. The zero-order valence-electron chi connectivity index (χ0n) is 13.7. The Hall–Kier alpha value is -0.530. The first kappa shape index (κ1) is 19.8. The van der Waals surface area contributed by atoms with Crippen LogP contribution in [-0.4, -0.2) is 45.0 Å². The number of halogens is 2. The van der Waals surface area contributed by atoms with Crippen LogP contribution in [0.4, 0.5) is 0 Å². The molecule has 8 heteroatoms. The van der Waals surface area contributed by atoms with Gasteiger partial charge < -0.3 is 10.1 Å². The zero-order chi connectivity index (χ0) is 16.4. The smallest absolute Gasteiger partial charge is 0.247 e. The van der Waals surface area contributed by atoms with Crippen molar-refractivity contribution in [2.24, 2.45) is 5.92 Å². The quantitative estimate of drug-likeness (QED) is 0.833. The van der Waals surface area contributed by atoms with Crippen molar-refractivity contribution in [3.63, 3.8) is 0 Å². The maximum absolute atomic E-state index is 13.1. The van der Waals surface area contributed by atoms with Crippen molar-refractivity contribution < 1.29 is 13.2 Å². The average molecular weight is 395 g/mol. The highest BCUT2D eigenvalue weighted by atomic mass is 35.5. The molecule has 1 aromatic carbocycles. The lowest BCUT2D eigenvalue weighted by atomic mass is 9.86. The molecule has 0 amide bonds. The van der Waals surface area contributed by atoms with Gasteiger partial charge >= 0.3 is 0 Å². The van der Waals surface area contributed by atoms with E-state index in [0.717, 1.165) is 12.8 Å². The van der Waals surface area contributed by atoms with Gasteiger partial charge in [0, 0.05) is 30.7 Å². The van der Waals surface area contributed by atoms with Crippen LogP contribution in [-0.2, 0) is 10.0 Å². The Bertz CT molecular complexity index is 665. The zero-order valence-corrected chi connectivity index (χ0v) is 16.1. The summed E-state index contributed by atoms with van der Waals surface area (Å²) in [5.74, 6) is 0.950. The second-order valence-electron chi connectivity index (χ2n) is 6.37. The molecule has 1 unspecified atom stereocenters. The first-order chi connectivity index (χ1) is 11.0. The van der Waals surface area contributed by atoms with E-state index in [0.29, 0.717) is 42.9 Å². The minimum absolute atomic E-state index is 0. The molecule has 1 saturated heterocycles. The van der Waals surface area contributed by atoms with Crippen LogP contribution in [0.3, 0.4) is 0 Å². The molecule has 0 aromatic heterocycles. The van der Waals surface area contributed by atoms with Crippen molar-refractivity contribution in [1.82, 2.24) is 9.62 Å². The summed E-state index contributed by atoms with van der Waals surface area (Å²) >= 11 is 6.05. The predicted octanol–water partition coefficient (Wildman–Crippen LogP) is 2.92. The molecule has 1 N–H and O–H groups in total. The van der Waals surface area contributed by atoms with Gasteiger partial charge in [-0.15, -0.1) is 12.4 Å². The van der Waals surface area contributed by atoms with Gasteiger partial charge in [-0.25, -0.2) is 8.42 Å². The van der Waals surface area contributed by atoms with Crippen LogP contribution in [0, 0.1) is 5.92 Å². The molecule has 5 nitrogen and oxygen atoms in total. The minimum atomic E-state index is -3.62. The number of benzene rings is 1. The van der Waals surface area contributed by atoms with Gasteiger partial charge in [-0.1, -0.05) is 18.0 Å². The van der Waals surface area contributed by atoms with Gasteiger partial charge in [0.15, 0.2) is 0 Å². The Morgan fingerprint density at radius 1 is 1.38 bits per heavy atom. The van der Waals surface area contributed by atoms with Crippen LogP contribution in [0.15, 0.2) is 23.1 Å². The van der Waals surface area contributed by atoms with Crippen molar-refractivity contribution in [3.05, 3.63) is 23.2 Å². The van der Waals surface area contributed by atoms with Gasteiger partial charge in [0.05, 0.1) is 6.61 Å². The lowest BCUT2D eigenvalue weighted by Crippen LogP contribution is -2.52. The Kier molecular flexibility index (Phi) is 6.79. The van der Waals surface area contributed by atoms with Crippen LogP contribution in [0.5, 0.6) is 5.75 Å². The van der Waals surface area contributed by atoms with Gasteiger partial charge in [-0.2, -0.15) is 4.31 Å². The van der Waals surface area contributed by atoms with E-state index in [1.54, 1.807) is 12.1 Å². The molecule has 136 valence electrons. The number of ether oxygens (including phenoxy) is 1. The molecule has 0 radical (unpaired) electrons. The predicted molar refractivity (Wildman–Crippen MR) is 97.8 cm³/mol. The molecule has 1 atom stereocenters. The number of rotatable bonds is 5. The van der Waals surface area contributed by atoms with E-state index in [-0.39, 0.29) is 23.3 Å².